The lowest BCUT2D eigenvalue weighted by molar-refractivity contribution is 0.00827. The maximum Gasteiger partial charge on any atom is 0.319 e. The van der Waals surface area contributed by atoms with Gasteiger partial charge in [0.05, 0.1) is 12.2 Å². The molecule has 1 aliphatic carbocycles. The molecule has 0 heterocycles. The molecule has 0 aromatic heterocycles. The van der Waals surface area contributed by atoms with E-state index in [0.717, 1.165) is 30.2 Å². The van der Waals surface area contributed by atoms with Crippen molar-refractivity contribution in [3.05, 3.63) is 29.8 Å². The van der Waals surface area contributed by atoms with Crippen LogP contribution in [-0.2, 0) is 11.3 Å². The third-order valence-corrected chi connectivity index (χ3v) is 4.78. The van der Waals surface area contributed by atoms with Gasteiger partial charge in [-0.3, -0.25) is 0 Å². The number of carbonyl (C=O) groups is 1. The molecular formula is C19H30N2O3. The average Bonchev–Trinajstić information content (AvgIpc) is 3.37. The topological polar surface area (TPSA) is 70.6 Å². The van der Waals surface area contributed by atoms with Crippen LogP contribution in [0.5, 0.6) is 0 Å². The van der Waals surface area contributed by atoms with Gasteiger partial charge in [0.2, 0.25) is 0 Å². The Kier molecular flexibility index (Phi) is 6.63. The van der Waals surface area contributed by atoms with Gasteiger partial charge in [0.15, 0.2) is 0 Å². The van der Waals surface area contributed by atoms with E-state index in [0.29, 0.717) is 6.61 Å². The van der Waals surface area contributed by atoms with Gasteiger partial charge in [-0.15, -0.1) is 0 Å². The van der Waals surface area contributed by atoms with E-state index in [4.69, 9.17) is 4.74 Å². The maximum atomic E-state index is 12.0. The van der Waals surface area contributed by atoms with Gasteiger partial charge in [0, 0.05) is 18.8 Å². The summed E-state index contributed by atoms with van der Waals surface area (Å²) in [6, 6.07) is 7.34. The number of hydrogen-bond acceptors (Lipinski definition) is 3. The fourth-order valence-corrected chi connectivity index (χ4v) is 2.42. The quantitative estimate of drug-likeness (QED) is 0.647. The molecule has 5 nitrogen and oxygen atoms in total. The van der Waals surface area contributed by atoms with Gasteiger partial charge in [-0.25, -0.2) is 4.79 Å². The van der Waals surface area contributed by atoms with Crippen molar-refractivity contribution >= 4 is 11.7 Å². The fraction of sp³-hybridized carbons (Fsp3) is 0.632. The Bertz CT molecular complexity index is 541. The van der Waals surface area contributed by atoms with Gasteiger partial charge >= 0.3 is 6.03 Å². The molecule has 5 heteroatoms. The Morgan fingerprint density at radius 1 is 1.46 bits per heavy atom. The van der Waals surface area contributed by atoms with Gasteiger partial charge in [0.1, 0.15) is 0 Å². The summed E-state index contributed by atoms with van der Waals surface area (Å²) < 4.78 is 5.67. The first-order valence-corrected chi connectivity index (χ1v) is 8.84. The second-order valence-electron chi connectivity index (χ2n) is 7.13. The second-order valence-corrected chi connectivity index (χ2v) is 7.13. The standard InChI is InChI=1S/C19H30N2O3/c1-4-14(2)19(3,23)13-20-18(22)21-17-7-5-6-16(10-17)12-24-11-15-8-9-15/h5-7,10,14-15,23H,4,8-9,11-13H2,1-3H3,(H2,20,21,22). The summed E-state index contributed by atoms with van der Waals surface area (Å²) in [5, 5.41) is 15.9. The number of anilines is 1. The molecule has 1 aromatic carbocycles. The Hall–Kier alpha value is -1.59. The molecule has 2 amide bonds. The molecular weight excluding hydrogens is 304 g/mol. The molecule has 1 aromatic rings. The minimum atomic E-state index is -0.912. The summed E-state index contributed by atoms with van der Waals surface area (Å²) in [4.78, 5) is 12.0. The van der Waals surface area contributed by atoms with Gasteiger partial charge in [-0.05, 0) is 49.3 Å². The van der Waals surface area contributed by atoms with Gasteiger partial charge in [-0.2, -0.15) is 0 Å². The van der Waals surface area contributed by atoms with Crippen molar-refractivity contribution in [1.82, 2.24) is 5.32 Å². The first-order chi connectivity index (χ1) is 11.4. The number of urea groups is 1. The van der Waals surface area contributed by atoms with Gasteiger partial charge < -0.3 is 20.5 Å². The summed E-state index contributed by atoms with van der Waals surface area (Å²) in [6.45, 7) is 7.36. The number of ether oxygens (including phenoxy) is 1. The number of benzene rings is 1. The van der Waals surface area contributed by atoms with E-state index in [2.05, 4.69) is 10.6 Å². The maximum absolute atomic E-state index is 12.0. The van der Waals surface area contributed by atoms with E-state index in [1.807, 2.05) is 38.1 Å². The predicted molar refractivity (Wildman–Crippen MR) is 95.9 cm³/mol. The zero-order valence-electron chi connectivity index (χ0n) is 15.0. The number of rotatable bonds is 9. The van der Waals surface area contributed by atoms with Crippen molar-refractivity contribution in [2.45, 2.75) is 52.2 Å². The largest absolute Gasteiger partial charge is 0.388 e. The summed E-state index contributed by atoms with van der Waals surface area (Å²) in [5.41, 5.74) is 0.855. The highest BCUT2D eigenvalue weighted by atomic mass is 16.5. The summed E-state index contributed by atoms with van der Waals surface area (Å²) in [6.07, 6.45) is 3.42. The van der Waals surface area contributed by atoms with Crippen LogP contribution in [0.15, 0.2) is 24.3 Å². The SMILES string of the molecule is CCC(C)C(C)(O)CNC(=O)Nc1cccc(COCC2CC2)c1. The highest BCUT2D eigenvalue weighted by molar-refractivity contribution is 5.89. The van der Waals surface area contributed by atoms with Crippen LogP contribution in [0.2, 0.25) is 0 Å². The number of aliphatic hydroxyl groups is 1. The molecule has 1 aliphatic rings. The summed E-state index contributed by atoms with van der Waals surface area (Å²) in [7, 11) is 0. The summed E-state index contributed by atoms with van der Waals surface area (Å²) >= 11 is 0. The minimum absolute atomic E-state index is 0.116. The van der Waals surface area contributed by atoms with Crippen LogP contribution in [0.4, 0.5) is 10.5 Å². The summed E-state index contributed by atoms with van der Waals surface area (Å²) in [5.74, 6) is 0.861. The van der Waals surface area contributed by atoms with Crippen molar-refractivity contribution < 1.29 is 14.6 Å². The van der Waals surface area contributed by atoms with Crippen molar-refractivity contribution in [2.75, 3.05) is 18.5 Å². The van der Waals surface area contributed by atoms with Crippen LogP contribution in [0.25, 0.3) is 0 Å². The van der Waals surface area contributed by atoms with E-state index in [1.165, 1.54) is 12.8 Å². The molecule has 2 atom stereocenters. The average molecular weight is 334 g/mol. The van der Waals surface area contributed by atoms with Crippen molar-refractivity contribution in [3.8, 4) is 0 Å². The molecule has 2 unspecified atom stereocenters. The van der Waals surface area contributed by atoms with Crippen LogP contribution in [0.1, 0.15) is 45.6 Å². The van der Waals surface area contributed by atoms with E-state index in [-0.39, 0.29) is 18.5 Å². The first kappa shape index (κ1) is 18.7. The van der Waals surface area contributed by atoms with Crippen LogP contribution in [0.3, 0.4) is 0 Å². The second kappa shape index (κ2) is 8.49. The van der Waals surface area contributed by atoms with Crippen LogP contribution in [-0.4, -0.2) is 29.9 Å². The van der Waals surface area contributed by atoms with Crippen molar-refractivity contribution in [2.24, 2.45) is 11.8 Å². The molecule has 3 N–H and O–H groups in total. The minimum Gasteiger partial charge on any atom is -0.388 e. The number of carbonyl (C=O) groups excluding carboxylic acids is 1. The van der Waals surface area contributed by atoms with E-state index in [1.54, 1.807) is 6.92 Å². The Labute approximate surface area is 144 Å². The smallest absolute Gasteiger partial charge is 0.319 e. The number of nitrogens with one attached hydrogen (secondary N) is 2. The lowest BCUT2D eigenvalue weighted by Crippen LogP contribution is -2.46. The third kappa shape index (κ3) is 6.13. The Morgan fingerprint density at radius 2 is 2.21 bits per heavy atom. The molecule has 0 spiro atoms. The monoisotopic (exact) mass is 334 g/mol. The van der Waals surface area contributed by atoms with E-state index < -0.39 is 5.60 Å². The predicted octanol–water partition coefficient (Wildman–Crippen LogP) is 3.53. The Morgan fingerprint density at radius 3 is 2.88 bits per heavy atom. The molecule has 0 aliphatic heterocycles. The van der Waals surface area contributed by atoms with E-state index >= 15 is 0 Å². The molecule has 0 radical (unpaired) electrons. The van der Waals surface area contributed by atoms with Crippen LogP contribution in [0, 0.1) is 11.8 Å². The molecule has 0 saturated heterocycles. The highest BCUT2D eigenvalue weighted by Gasteiger charge is 2.27. The van der Waals surface area contributed by atoms with Gasteiger partial charge in [-0.1, -0.05) is 32.4 Å². The normalized spacial score (nSPS) is 17.8. The molecule has 1 fully saturated rings. The molecule has 2 rings (SSSR count). The third-order valence-electron chi connectivity index (χ3n) is 4.78. The molecule has 24 heavy (non-hydrogen) atoms. The van der Waals surface area contributed by atoms with Crippen LogP contribution < -0.4 is 10.6 Å². The van der Waals surface area contributed by atoms with E-state index in [9.17, 15) is 9.90 Å². The number of amides is 2. The lowest BCUT2D eigenvalue weighted by atomic mass is 9.89. The lowest BCUT2D eigenvalue weighted by Gasteiger charge is -2.29. The van der Waals surface area contributed by atoms with Gasteiger partial charge in [0.25, 0.3) is 0 Å². The zero-order chi connectivity index (χ0) is 17.6. The molecule has 1 saturated carbocycles. The Balaban J connectivity index is 1.78. The highest BCUT2D eigenvalue weighted by Crippen LogP contribution is 2.29. The zero-order valence-corrected chi connectivity index (χ0v) is 15.0. The fourth-order valence-electron chi connectivity index (χ4n) is 2.42. The van der Waals surface area contributed by atoms with Crippen molar-refractivity contribution in [1.29, 1.82) is 0 Å². The molecule has 0 bridgehead atoms. The first-order valence-electron chi connectivity index (χ1n) is 8.84. The van der Waals surface area contributed by atoms with Crippen LogP contribution >= 0.6 is 0 Å². The van der Waals surface area contributed by atoms with Crippen molar-refractivity contribution in [3.63, 3.8) is 0 Å². The number of hydrogen-bond donors (Lipinski definition) is 3. The molecule has 134 valence electrons.